The van der Waals surface area contributed by atoms with Gasteiger partial charge in [-0.15, -0.1) is 0 Å². The van der Waals surface area contributed by atoms with Crippen LogP contribution in [0.5, 0.6) is 0 Å². The Bertz CT molecular complexity index is 535. The fourth-order valence-electron chi connectivity index (χ4n) is 1.52. The highest BCUT2D eigenvalue weighted by Gasteiger charge is 2.21. The second-order valence-electron chi connectivity index (χ2n) is 4.06. The third-order valence-corrected chi connectivity index (χ3v) is 4.39. The number of halogens is 2. The molecule has 0 aliphatic carbocycles. The molecule has 0 aliphatic rings. The molecule has 1 aromatic rings. The summed E-state index contributed by atoms with van der Waals surface area (Å²) >= 11 is 3.21. The van der Waals surface area contributed by atoms with Crippen molar-refractivity contribution in [3.8, 4) is 0 Å². The zero-order valence-electron chi connectivity index (χ0n) is 11.0. The van der Waals surface area contributed by atoms with Crippen molar-refractivity contribution in [3.05, 3.63) is 28.0 Å². The Kier molecular flexibility index (Phi) is 6.38. The third kappa shape index (κ3) is 4.52. The van der Waals surface area contributed by atoms with Crippen LogP contribution in [0.15, 0.2) is 21.5 Å². The van der Waals surface area contributed by atoms with E-state index in [2.05, 4.69) is 26.0 Å². The van der Waals surface area contributed by atoms with Gasteiger partial charge in [-0.25, -0.2) is 17.5 Å². The van der Waals surface area contributed by atoms with E-state index >= 15 is 0 Å². The Morgan fingerprint density at radius 3 is 2.58 bits per heavy atom. The highest BCUT2D eigenvalue weighted by molar-refractivity contribution is 9.10. The van der Waals surface area contributed by atoms with Crippen molar-refractivity contribution in [2.75, 3.05) is 13.1 Å². The predicted octanol–water partition coefficient (Wildman–Crippen LogP) is 2.39. The highest BCUT2D eigenvalue weighted by Crippen LogP contribution is 2.24. The van der Waals surface area contributed by atoms with Crippen LogP contribution in [0.1, 0.15) is 25.8 Å². The van der Waals surface area contributed by atoms with Gasteiger partial charge in [0.1, 0.15) is 10.7 Å². The lowest BCUT2D eigenvalue weighted by atomic mass is 10.2. The van der Waals surface area contributed by atoms with Gasteiger partial charge >= 0.3 is 0 Å². The molecule has 1 aromatic carbocycles. The fourth-order valence-corrected chi connectivity index (χ4v) is 3.45. The summed E-state index contributed by atoms with van der Waals surface area (Å²) in [6, 6.07) is 2.86. The molecular weight excluding hydrogens is 335 g/mol. The molecule has 0 atom stereocenters. The normalized spacial score (nSPS) is 11.8. The van der Waals surface area contributed by atoms with Gasteiger partial charge in [-0.2, -0.15) is 0 Å². The van der Waals surface area contributed by atoms with Crippen LogP contribution in [0.3, 0.4) is 0 Å². The quantitative estimate of drug-likeness (QED) is 0.791. The van der Waals surface area contributed by atoms with Gasteiger partial charge in [0.2, 0.25) is 10.0 Å². The summed E-state index contributed by atoms with van der Waals surface area (Å²) in [5, 5.41) is 2.98. The maximum atomic E-state index is 14.2. The van der Waals surface area contributed by atoms with Gasteiger partial charge in [-0.3, -0.25) is 0 Å². The molecule has 0 saturated carbocycles. The number of rotatable bonds is 7. The van der Waals surface area contributed by atoms with E-state index in [1.165, 1.54) is 6.07 Å². The van der Waals surface area contributed by atoms with Crippen molar-refractivity contribution >= 4 is 26.0 Å². The van der Waals surface area contributed by atoms with Gasteiger partial charge in [0.05, 0.1) is 0 Å². The van der Waals surface area contributed by atoms with Gasteiger partial charge in [0, 0.05) is 23.1 Å². The maximum Gasteiger partial charge on any atom is 0.243 e. The van der Waals surface area contributed by atoms with Crippen molar-refractivity contribution in [2.45, 2.75) is 31.7 Å². The average Bonchev–Trinajstić information content (AvgIpc) is 2.36. The number of hydrogen-bond donors (Lipinski definition) is 2. The molecular formula is C12H18BrFN2O2S. The number of sulfonamides is 1. The first kappa shape index (κ1) is 16.6. The molecule has 108 valence electrons. The summed E-state index contributed by atoms with van der Waals surface area (Å²) in [4.78, 5) is -0.316. The van der Waals surface area contributed by atoms with E-state index < -0.39 is 15.8 Å². The zero-order chi connectivity index (χ0) is 14.5. The lowest BCUT2D eigenvalue weighted by Gasteiger charge is -2.11. The van der Waals surface area contributed by atoms with E-state index in [1.807, 2.05) is 13.8 Å². The van der Waals surface area contributed by atoms with Crippen LogP contribution in [0.2, 0.25) is 0 Å². The summed E-state index contributed by atoms with van der Waals surface area (Å²) in [6.45, 7) is 5.00. The van der Waals surface area contributed by atoms with Gasteiger partial charge < -0.3 is 5.32 Å². The molecule has 0 fully saturated rings. The van der Waals surface area contributed by atoms with Gasteiger partial charge in [0.25, 0.3) is 0 Å². The zero-order valence-corrected chi connectivity index (χ0v) is 13.4. The minimum absolute atomic E-state index is 0.289. The largest absolute Gasteiger partial charge is 0.313 e. The Morgan fingerprint density at radius 2 is 2.00 bits per heavy atom. The van der Waals surface area contributed by atoms with E-state index in [0.717, 1.165) is 0 Å². The van der Waals surface area contributed by atoms with Crippen molar-refractivity contribution in [1.29, 1.82) is 0 Å². The molecule has 0 saturated heterocycles. The smallest absolute Gasteiger partial charge is 0.243 e. The Balaban J connectivity index is 3.17. The Labute approximate surface area is 122 Å². The molecule has 0 spiro atoms. The van der Waals surface area contributed by atoms with Crippen LogP contribution in [0, 0.1) is 5.82 Å². The van der Waals surface area contributed by atoms with Crippen LogP contribution in [-0.4, -0.2) is 21.5 Å². The van der Waals surface area contributed by atoms with Crippen molar-refractivity contribution < 1.29 is 12.8 Å². The highest BCUT2D eigenvalue weighted by atomic mass is 79.9. The summed E-state index contributed by atoms with van der Waals surface area (Å²) in [5.41, 5.74) is 0.327. The molecule has 0 bridgehead atoms. The lowest BCUT2D eigenvalue weighted by molar-refractivity contribution is 0.543. The van der Waals surface area contributed by atoms with Crippen LogP contribution in [-0.2, 0) is 16.6 Å². The van der Waals surface area contributed by atoms with Gasteiger partial charge in [-0.05, 0) is 25.1 Å². The van der Waals surface area contributed by atoms with Crippen molar-refractivity contribution in [1.82, 2.24) is 10.0 Å². The lowest BCUT2D eigenvalue weighted by Crippen LogP contribution is -2.26. The second-order valence-corrected chi connectivity index (χ2v) is 6.71. The van der Waals surface area contributed by atoms with Gasteiger partial charge in [0.15, 0.2) is 0 Å². The van der Waals surface area contributed by atoms with E-state index in [4.69, 9.17) is 0 Å². The monoisotopic (exact) mass is 352 g/mol. The number of hydrogen-bond acceptors (Lipinski definition) is 3. The van der Waals surface area contributed by atoms with Crippen LogP contribution < -0.4 is 10.0 Å². The summed E-state index contributed by atoms with van der Waals surface area (Å²) in [7, 11) is -3.81. The van der Waals surface area contributed by atoms with Crippen LogP contribution in [0.4, 0.5) is 4.39 Å². The predicted molar refractivity (Wildman–Crippen MR) is 77.0 cm³/mol. The topological polar surface area (TPSA) is 58.2 Å². The SMILES string of the molecule is CCCNS(=O)(=O)c1cc(Br)cc(CNCC)c1F. The average molecular weight is 353 g/mol. The minimum atomic E-state index is -3.81. The molecule has 0 aromatic heterocycles. The van der Waals surface area contributed by atoms with E-state index in [1.54, 1.807) is 6.07 Å². The first-order valence-electron chi connectivity index (χ1n) is 6.10. The fraction of sp³-hybridized carbons (Fsp3) is 0.500. The summed E-state index contributed by atoms with van der Waals surface area (Å²) < 4.78 is 41.1. The molecule has 2 N–H and O–H groups in total. The van der Waals surface area contributed by atoms with E-state index in [9.17, 15) is 12.8 Å². The minimum Gasteiger partial charge on any atom is -0.313 e. The number of nitrogens with one attached hydrogen (secondary N) is 2. The van der Waals surface area contributed by atoms with Crippen LogP contribution in [0.25, 0.3) is 0 Å². The summed E-state index contributed by atoms with van der Waals surface area (Å²) in [5.74, 6) is -0.701. The molecule has 0 aliphatic heterocycles. The maximum absolute atomic E-state index is 14.2. The van der Waals surface area contributed by atoms with Crippen molar-refractivity contribution in [2.24, 2.45) is 0 Å². The molecule has 19 heavy (non-hydrogen) atoms. The molecule has 1 rings (SSSR count). The molecule has 0 amide bonds. The van der Waals surface area contributed by atoms with Crippen LogP contribution >= 0.6 is 15.9 Å². The van der Waals surface area contributed by atoms with Gasteiger partial charge in [-0.1, -0.05) is 29.8 Å². The molecule has 4 nitrogen and oxygen atoms in total. The standard InChI is InChI=1S/C12H18BrFN2O2S/c1-3-5-16-19(17,18)11-7-10(13)6-9(12(11)14)8-15-4-2/h6-7,15-16H,3-5,8H2,1-2H3. The first-order chi connectivity index (χ1) is 8.92. The van der Waals surface area contributed by atoms with E-state index in [-0.39, 0.29) is 18.0 Å². The Morgan fingerprint density at radius 1 is 1.32 bits per heavy atom. The molecule has 0 heterocycles. The molecule has 0 unspecified atom stereocenters. The number of benzene rings is 1. The molecule has 7 heteroatoms. The second kappa shape index (κ2) is 7.33. The molecule has 0 radical (unpaired) electrons. The summed E-state index contributed by atoms with van der Waals surface area (Å²) in [6.07, 6.45) is 0.652. The van der Waals surface area contributed by atoms with E-state index in [0.29, 0.717) is 23.0 Å². The third-order valence-electron chi connectivity index (χ3n) is 2.48. The first-order valence-corrected chi connectivity index (χ1v) is 8.38. The van der Waals surface area contributed by atoms with Crippen molar-refractivity contribution in [3.63, 3.8) is 0 Å². The Hall–Kier alpha value is -0.500.